The van der Waals surface area contributed by atoms with Gasteiger partial charge in [0.25, 0.3) is 0 Å². The van der Waals surface area contributed by atoms with Gasteiger partial charge in [-0.1, -0.05) is 23.7 Å². The first-order valence-electron chi connectivity index (χ1n) is 9.68. The molecule has 0 bridgehead atoms. The van der Waals surface area contributed by atoms with Crippen LogP contribution in [0.2, 0.25) is 5.02 Å². The lowest BCUT2D eigenvalue weighted by Gasteiger charge is -2.12. The van der Waals surface area contributed by atoms with Gasteiger partial charge < -0.3 is 20.2 Å². The molecular weight excluding hydrogens is 404 g/mol. The van der Waals surface area contributed by atoms with Crippen molar-refractivity contribution in [3.63, 3.8) is 0 Å². The Morgan fingerprint density at radius 2 is 1.90 bits per heavy atom. The fourth-order valence-electron chi connectivity index (χ4n) is 2.86. The number of hydrogen-bond donors (Lipinski definition) is 4. The number of amides is 2. The number of rotatable bonds is 6. The molecule has 3 rings (SSSR count). The number of carbonyl (C=O) groups excluding carboxylic acids is 1. The van der Waals surface area contributed by atoms with E-state index in [9.17, 15) is 4.79 Å². The smallest absolute Gasteiger partial charge is 0.321 e. The van der Waals surface area contributed by atoms with Gasteiger partial charge in [-0.25, -0.2) is 9.79 Å². The van der Waals surface area contributed by atoms with Gasteiger partial charge in [0.05, 0.1) is 5.69 Å². The van der Waals surface area contributed by atoms with E-state index >= 15 is 0 Å². The van der Waals surface area contributed by atoms with Gasteiger partial charge in [0.15, 0.2) is 0 Å². The van der Waals surface area contributed by atoms with Crippen molar-refractivity contribution in [1.29, 1.82) is 0 Å². The summed E-state index contributed by atoms with van der Waals surface area (Å²) in [4.78, 5) is 16.8. The highest BCUT2D eigenvalue weighted by molar-refractivity contribution is 6.30. The van der Waals surface area contributed by atoms with E-state index in [-0.39, 0.29) is 6.61 Å². The van der Waals surface area contributed by atoms with Crippen LogP contribution < -0.4 is 16.0 Å². The maximum atomic E-state index is 12.2. The third kappa shape index (κ3) is 5.75. The average Bonchev–Trinajstić information content (AvgIpc) is 3.01. The molecular formula is C22H25ClN4O3. The molecule has 0 atom stereocenters. The number of aryl methyl sites for hydroxylation is 2. The summed E-state index contributed by atoms with van der Waals surface area (Å²) in [6.45, 7) is 4.77. The third-order valence-corrected chi connectivity index (χ3v) is 4.88. The van der Waals surface area contributed by atoms with E-state index < -0.39 is 6.03 Å². The molecule has 0 radical (unpaired) electrons. The quantitative estimate of drug-likeness (QED) is 0.269. The molecule has 7 nitrogen and oxygen atoms in total. The van der Waals surface area contributed by atoms with E-state index in [4.69, 9.17) is 21.1 Å². The number of benzene rings is 2. The van der Waals surface area contributed by atoms with Crippen LogP contribution in [0.3, 0.4) is 0 Å². The van der Waals surface area contributed by atoms with Crippen LogP contribution in [-0.4, -0.2) is 30.2 Å². The maximum absolute atomic E-state index is 12.2. The highest BCUT2D eigenvalue weighted by Crippen LogP contribution is 2.28. The van der Waals surface area contributed by atoms with Gasteiger partial charge in [0, 0.05) is 30.1 Å². The topological polar surface area (TPSA) is 98.9 Å². The molecule has 8 heteroatoms. The number of urea groups is 1. The summed E-state index contributed by atoms with van der Waals surface area (Å²) in [6.07, 6.45) is 0.480. The van der Waals surface area contributed by atoms with Crippen LogP contribution in [-0.2, 0) is 6.54 Å². The lowest BCUT2D eigenvalue weighted by atomic mass is 10.1. The Morgan fingerprint density at radius 3 is 2.63 bits per heavy atom. The lowest BCUT2D eigenvalue weighted by Crippen LogP contribution is -2.45. The number of aliphatic imine (C=N–C) groups is 1. The molecule has 4 N–H and O–H groups in total. The SMILES string of the molecule is Cc1oc2ccc(/N=C(/NCc3ccc(Cl)cc3)NC(=O)NCCCO)cc2c1C. The van der Waals surface area contributed by atoms with Crippen molar-refractivity contribution in [2.45, 2.75) is 26.8 Å². The van der Waals surface area contributed by atoms with Crippen molar-refractivity contribution >= 4 is 40.2 Å². The molecule has 1 heterocycles. The van der Waals surface area contributed by atoms with E-state index in [1.165, 1.54) is 0 Å². The molecule has 0 aliphatic carbocycles. The summed E-state index contributed by atoms with van der Waals surface area (Å²) in [6, 6.07) is 12.6. The molecule has 158 valence electrons. The zero-order valence-electron chi connectivity index (χ0n) is 17.0. The predicted molar refractivity (Wildman–Crippen MR) is 119 cm³/mol. The van der Waals surface area contributed by atoms with Crippen LogP contribution in [0.1, 0.15) is 23.3 Å². The van der Waals surface area contributed by atoms with E-state index in [2.05, 4.69) is 20.9 Å². The van der Waals surface area contributed by atoms with Gasteiger partial charge >= 0.3 is 6.03 Å². The molecule has 0 saturated heterocycles. The van der Waals surface area contributed by atoms with Crippen molar-refractivity contribution in [2.75, 3.05) is 13.2 Å². The number of carbonyl (C=O) groups is 1. The second-order valence-electron chi connectivity index (χ2n) is 6.86. The molecule has 2 amide bonds. The molecule has 0 aliphatic heterocycles. The van der Waals surface area contributed by atoms with Crippen LogP contribution in [0.15, 0.2) is 51.9 Å². The summed E-state index contributed by atoms with van der Waals surface area (Å²) >= 11 is 5.94. The Bertz CT molecular complexity index is 1040. The average molecular weight is 429 g/mol. The number of nitrogens with one attached hydrogen (secondary N) is 3. The standard InChI is InChI=1S/C22H25ClN4O3/c1-14-15(2)30-20-9-8-18(12-19(14)20)26-21(27-22(29)24-10-3-11-28)25-13-16-4-6-17(23)7-5-16/h4-9,12,28H,3,10-11,13H2,1-2H3,(H3,24,25,26,27,29). The molecule has 2 aromatic carbocycles. The Balaban J connectivity index is 1.80. The molecule has 0 aliphatic rings. The van der Waals surface area contributed by atoms with Crippen LogP contribution in [0, 0.1) is 13.8 Å². The Hall–Kier alpha value is -3.03. The van der Waals surface area contributed by atoms with Gasteiger partial charge in [0.2, 0.25) is 5.96 Å². The first kappa shape index (κ1) is 21.7. The lowest BCUT2D eigenvalue weighted by molar-refractivity contribution is 0.242. The highest BCUT2D eigenvalue weighted by atomic mass is 35.5. The predicted octanol–water partition coefficient (Wildman–Crippen LogP) is 4.16. The first-order valence-corrected chi connectivity index (χ1v) is 10.1. The van der Waals surface area contributed by atoms with Crippen molar-refractivity contribution in [1.82, 2.24) is 16.0 Å². The van der Waals surface area contributed by atoms with Gasteiger partial charge in [0.1, 0.15) is 11.3 Å². The van der Waals surface area contributed by atoms with E-state index in [1.807, 2.05) is 56.3 Å². The second-order valence-corrected chi connectivity index (χ2v) is 7.30. The van der Waals surface area contributed by atoms with Crippen molar-refractivity contribution < 1.29 is 14.3 Å². The van der Waals surface area contributed by atoms with E-state index in [0.29, 0.717) is 36.2 Å². The first-order chi connectivity index (χ1) is 14.5. The number of furan rings is 1. The van der Waals surface area contributed by atoms with Gasteiger partial charge in [-0.2, -0.15) is 0 Å². The van der Waals surface area contributed by atoms with Crippen LogP contribution in [0.5, 0.6) is 0 Å². The molecule has 0 fully saturated rings. The van der Waals surface area contributed by atoms with Crippen molar-refractivity contribution in [3.8, 4) is 0 Å². The summed E-state index contributed by atoms with van der Waals surface area (Å²) in [5.74, 6) is 1.18. The number of aliphatic hydroxyl groups excluding tert-OH is 1. The number of fused-ring (bicyclic) bond motifs is 1. The Kier molecular flexibility index (Phi) is 7.32. The van der Waals surface area contributed by atoms with Gasteiger partial charge in [-0.05, 0) is 61.7 Å². The number of halogens is 1. The summed E-state index contributed by atoms with van der Waals surface area (Å²) < 4.78 is 5.72. The molecule has 0 unspecified atom stereocenters. The minimum atomic E-state index is -0.401. The van der Waals surface area contributed by atoms with Crippen molar-refractivity contribution in [2.24, 2.45) is 4.99 Å². The normalized spacial score (nSPS) is 11.5. The fraction of sp³-hybridized carbons (Fsp3) is 0.273. The number of guanidine groups is 1. The minimum absolute atomic E-state index is 0.0134. The number of hydrogen-bond acceptors (Lipinski definition) is 4. The number of nitrogens with zero attached hydrogens (tertiary/aromatic N) is 1. The second kappa shape index (κ2) is 10.1. The maximum Gasteiger partial charge on any atom is 0.321 e. The molecule has 0 saturated carbocycles. The van der Waals surface area contributed by atoms with Crippen LogP contribution in [0.25, 0.3) is 11.0 Å². The summed E-state index contributed by atoms with van der Waals surface area (Å²) in [5.41, 5.74) is 3.54. The van der Waals surface area contributed by atoms with Gasteiger partial charge in [-0.15, -0.1) is 0 Å². The molecule has 3 aromatic rings. The summed E-state index contributed by atoms with van der Waals surface area (Å²) in [5, 5.41) is 19.1. The van der Waals surface area contributed by atoms with Crippen LogP contribution in [0.4, 0.5) is 10.5 Å². The van der Waals surface area contributed by atoms with Crippen molar-refractivity contribution in [3.05, 3.63) is 64.4 Å². The Labute approximate surface area is 180 Å². The van der Waals surface area contributed by atoms with E-state index in [0.717, 1.165) is 27.9 Å². The monoisotopic (exact) mass is 428 g/mol. The van der Waals surface area contributed by atoms with Crippen LogP contribution >= 0.6 is 11.6 Å². The highest BCUT2D eigenvalue weighted by Gasteiger charge is 2.10. The third-order valence-electron chi connectivity index (χ3n) is 4.62. The zero-order valence-corrected chi connectivity index (χ0v) is 17.7. The largest absolute Gasteiger partial charge is 0.461 e. The van der Waals surface area contributed by atoms with Gasteiger partial charge in [-0.3, -0.25) is 5.32 Å². The van der Waals surface area contributed by atoms with E-state index in [1.54, 1.807) is 0 Å². The zero-order chi connectivity index (χ0) is 21.5. The minimum Gasteiger partial charge on any atom is -0.461 e. The summed E-state index contributed by atoms with van der Waals surface area (Å²) in [7, 11) is 0. The number of aliphatic hydroxyl groups is 1. The molecule has 1 aromatic heterocycles. The molecule has 30 heavy (non-hydrogen) atoms. The Morgan fingerprint density at radius 1 is 1.13 bits per heavy atom. The molecule has 0 spiro atoms. The fourth-order valence-corrected chi connectivity index (χ4v) is 2.99.